The van der Waals surface area contributed by atoms with E-state index >= 15 is 0 Å². The second-order valence-electron chi connectivity index (χ2n) is 4.99. The third kappa shape index (κ3) is 5.19. The van der Waals surface area contributed by atoms with Crippen molar-refractivity contribution in [2.75, 3.05) is 13.2 Å². The predicted octanol–water partition coefficient (Wildman–Crippen LogP) is 3.03. The maximum Gasteiger partial charge on any atom is 0.309 e. The van der Waals surface area contributed by atoms with E-state index in [4.69, 9.17) is 9.47 Å². The largest absolute Gasteiger partial charge is 0.465 e. The first-order chi connectivity index (χ1) is 9.70. The smallest absolute Gasteiger partial charge is 0.309 e. The summed E-state index contributed by atoms with van der Waals surface area (Å²) < 4.78 is 10.4. The average Bonchev–Trinajstić information content (AvgIpc) is 2.47. The lowest BCUT2D eigenvalue weighted by molar-refractivity contribution is -0.162. The molecule has 0 heterocycles. The van der Waals surface area contributed by atoms with Crippen LogP contribution in [0.15, 0.2) is 25.3 Å². The van der Waals surface area contributed by atoms with E-state index in [0.29, 0.717) is 38.9 Å². The SMILES string of the molecule is C=CCCOC(=O)C1CCCCC1C(=O)OCCC=C. The highest BCUT2D eigenvalue weighted by Gasteiger charge is 2.37. The molecule has 2 atom stereocenters. The number of hydrogen-bond acceptors (Lipinski definition) is 4. The van der Waals surface area contributed by atoms with Crippen molar-refractivity contribution in [1.82, 2.24) is 0 Å². The molecule has 0 amide bonds. The van der Waals surface area contributed by atoms with Crippen LogP contribution in [0.4, 0.5) is 0 Å². The zero-order valence-electron chi connectivity index (χ0n) is 12.0. The minimum absolute atomic E-state index is 0.280. The van der Waals surface area contributed by atoms with Crippen LogP contribution < -0.4 is 0 Å². The molecule has 1 saturated carbocycles. The van der Waals surface area contributed by atoms with Gasteiger partial charge in [0.05, 0.1) is 25.0 Å². The van der Waals surface area contributed by atoms with E-state index in [0.717, 1.165) is 12.8 Å². The van der Waals surface area contributed by atoms with Gasteiger partial charge in [-0.3, -0.25) is 9.59 Å². The average molecular weight is 280 g/mol. The molecule has 20 heavy (non-hydrogen) atoms. The van der Waals surface area contributed by atoms with Gasteiger partial charge in [0, 0.05) is 0 Å². The summed E-state index contributed by atoms with van der Waals surface area (Å²) in [5.74, 6) is -1.27. The van der Waals surface area contributed by atoms with E-state index in [1.54, 1.807) is 12.2 Å². The first kappa shape index (κ1) is 16.5. The van der Waals surface area contributed by atoms with Gasteiger partial charge < -0.3 is 9.47 Å². The Balaban J connectivity index is 2.51. The van der Waals surface area contributed by atoms with E-state index in [1.807, 2.05) is 0 Å². The van der Waals surface area contributed by atoms with Crippen LogP contribution in [0.5, 0.6) is 0 Å². The quantitative estimate of drug-likeness (QED) is 0.389. The summed E-state index contributed by atoms with van der Waals surface area (Å²) in [5.41, 5.74) is 0. The monoisotopic (exact) mass is 280 g/mol. The van der Waals surface area contributed by atoms with Crippen LogP contribution in [0, 0.1) is 11.8 Å². The Morgan fingerprint density at radius 3 is 1.65 bits per heavy atom. The Bertz CT molecular complexity index is 314. The van der Waals surface area contributed by atoms with Crippen molar-refractivity contribution in [2.45, 2.75) is 38.5 Å². The van der Waals surface area contributed by atoms with Gasteiger partial charge in [0.15, 0.2) is 0 Å². The van der Waals surface area contributed by atoms with Gasteiger partial charge in [-0.1, -0.05) is 25.0 Å². The van der Waals surface area contributed by atoms with Crippen molar-refractivity contribution in [3.8, 4) is 0 Å². The number of ether oxygens (including phenoxy) is 2. The first-order valence-electron chi connectivity index (χ1n) is 7.25. The molecular formula is C16H24O4. The molecule has 2 unspecified atom stereocenters. The summed E-state index contributed by atoms with van der Waals surface area (Å²) in [6.07, 6.45) is 7.99. The molecule has 0 aliphatic heterocycles. The van der Waals surface area contributed by atoms with Crippen LogP contribution in [0.25, 0.3) is 0 Å². The van der Waals surface area contributed by atoms with Crippen molar-refractivity contribution < 1.29 is 19.1 Å². The maximum absolute atomic E-state index is 12.0. The molecule has 1 aliphatic carbocycles. The van der Waals surface area contributed by atoms with E-state index in [1.165, 1.54) is 0 Å². The van der Waals surface area contributed by atoms with Gasteiger partial charge in [-0.15, -0.1) is 13.2 Å². The highest BCUT2D eigenvalue weighted by Crippen LogP contribution is 2.32. The molecular weight excluding hydrogens is 256 g/mol. The van der Waals surface area contributed by atoms with Crippen LogP contribution >= 0.6 is 0 Å². The molecule has 1 fully saturated rings. The normalized spacial score (nSPS) is 21.8. The molecule has 0 radical (unpaired) electrons. The highest BCUT2D eigenvalue weighted by atomic mass is 16.5. The van der Waals surface area contributed by atoms with E-state index < -0.39 is 0 Å². The third-order valence-electron chi connectivity index (χ3n) is 3.50. The number of carbonyl (C=O) groups is 2. The second-order valence-corrected chi connectivity index (χ2v) is 4.99. The summed E-state index contributed by atoms with van der Waals surface area (Å²) in [5, 5.41) is 0. The summed E-state index contributed by atoms with van der Waals surface area (Å²) in [6.45, 7) is 7.82. The summed E-state index contributed by atoms with van der Waals surface area (Å²) in [6, 6.07) is 0. The summed E-state index contributed by atoms with van der Waals surface area (Å²) >= 11 is 0. The molecule has 112 valence electrons. The number of hydrogen-bond donors (Lipinski definition) is 0. The van der Waals surface area contributed by atoms with Gasteiger partial charge in [0.2, 0.25) is 0 Å². The minimum atomic E-state index is -0.357. The zero-order valence-corrected chi connectivity index (χ0v) is 12.0. The van der Waals surface area contributed by atoms with Gasteiger partial charge in [-0.25, -0.2) is 0 Å². The fourth-order valence-electron chi connectivity index (χ4n) is 2.39. The number of carbonyl (C=O) groups excluding carboxylic acids is 2. The Morgan fingerprint density at radius 1 is 0.900 bits per heavy atom. The van der Waals surface area contributed by atoms with Gasteiger partial charge in [0.25, 0.3) is 0 Å². The standard InChI is InChI=1S/C16H24O4/c1-3-5-11-19-15(17)13-9-7-8-10-14(13)16(18)20-12-6-4-2/h3-4,13-14H,1-2,5-12H2. The first-order valence-corrected chi connectivity index (χ1v) is 7.25. The topological polar surface area (TPSA) is 52.6 Å². The molecule has 0 aromatic heterocycles. The highest BCUT2D eigenvalue weighted by molar-refractivity contribution is 5.82. The Labute approximate surface area is 120 Å². The van der Waals surface area contributed by atoms with Crippen molar-refractivity contribution in [2.24, 2.45) is 11.8 Å². The van der Waals surface area contributed by atoms with Crippen LogP contribution in [0.3, 0.4) is 0 Å². The van der Waals surface area contributed by atoms with Crippen molar-refractivity contribution >= 4 is 11.9 Å². The maximum atomic E-state index is 12.0. The Kier molecular flexibility index (Phi) is 7.70. The van der Waals surface area contributed by atoms with Crippen LogP contribution in [-0.4, -0.2) is 25.2 Å². The lowest BCUT2D eigenvalue weighted by atomic mass is 9.79. The lowest BCUT2D eigenvalue weighted by Crippen LogP contribution is -2.35. The Hall–Kier alpha value is -1.58. The van der Waals surface area contributed by atoms with Gasteiger partial charge in [0.1, 0.15) is 0 Å². The van der Waals surface area contributed by atoms with Crippen LogP contribution in [-0.2, 0) is 19.1 Å². The van der Waals surface area contributed by atoms with E-state index in [-0.39, 0.29) is 23.8 Å². The minimum Gasteiger partial charge on any atom is -0.465 e. The molecule has 0 aromatic rings. The molecule has 4 nitrogen and oxygen atoms in total. The molecule has 0 aromatic carbocycles. The fourth-order valence-corrected chi connectivity index (χ4v) is 2.39. The van der Waals surface area contributed by atoms with Gasteiger partial charge in [-0.05, 0) is 25.7 Å². The predicted molar refractivity (Wildman–Crippen MR) is 77.0 cm³/mol. The second kappa shape index (κ2) is 9.34. The molecule has 0 spiro atoms. The number of rotatable bonds is 8. The van der Waals surface area contributed by atoms with E-state index in [9.17, 15) is 9.59 Å². The fraction of sp³-hybridized carbons (Fsp3) is 0.625. The summed E-state index contributed by atoms with van der Waals surface area (Å²) in [7, 11) is 0. The van der Waals surface area contributed by atoms with Gasteiger partial charge in [-0.2, -0.15) is 0 Å². The molecule has 1 rings (SSSR count). The zero-order chi connectivity index (χ0) is 14.8. The van der Waals surface area contributed by atoms with Crippen LogP contribution in [0.2, 0.25) is 0 Å². The van der Waals surface area contributed by atoms with Crippen molar-refractivity contribution in [3.63, 3.8) is 0 Å². The molecule has 0 saturated heterocycles. The van der Waals surface area contributed by atoms with Crippen LogP contribution in [0.1, 0.15) is 38.5 Å². The Morgan fingerprint density at radius 2 is 1.30 bits per heavy atom. The number of esters is 2. The van der Waals surface area contributed by atoms with Crippen molar-refractivity contribution in [3.05, 3.63) is 25.3 Å². The lowest BCUT2D eigenvalue weighted by Gasteiger charge is -2.28. The molecule has 0 bridgehead atoms. The van der Waals surface area contributed by atoms with E-state index in [2.05, 4.69) is 13.2 Å². The molecule has 4 heteroatoms. The molecule has 1 aliphatic rings. The third-order valence-corrected chi connectivity index (χ3v) is 3.50. The van der Waals surface area contributed by atoms with Gasteiger partial charge >= 0.3 is 11.9 Å². The summed E-state index contributed by atoms with van der Waals surface area (Å²) in [4.78, 5) is 24.1. The van der Waals surface area contributed by atoms with Crippen molar-refractivity contribution in [1.29, 1.82) is 0 Å². The molecule has 0 N–H and O–H groups in total.